The molecular weight excluding hydrogens is 342 g/mol. The van der Waals surface area contributed by atoms with Crippen LogP contribution in [-0.2, 0) is 16.1 Å². The fourth-order valence-corrected chi connectivity index (χ4v) is 2.78. The average Bonchev–Trinajstić information content (AvgIpc) is 2.55. The number of hydrogen-bond donors (Lipinski definition) is 1. The number of ether oxygens (including phenoxy) is 1. The van der Waals surface area contributed by atoms with E-state index in [-0.39, 0.29) is 11.8 Å². The molecule has 1 aliphatic heterocycles. The number of carbonyl (C=O) groups is 2. The number of nitrogens with one attached hydrogen (secondary N) is 1. The van der Waals surface area contributed by atoms with Gasteiger partial charge in [-0.15, -0.1) is 11.6 Å². The van der Waals surface area contributed by atoms with Crippen molar-refractivity contribution in [2.45, 2.75) is 32.9 Å². The lowest BCUT2D eigenvalue weighted by Crippen LogP contribution is -2.48. The molecule has 1 fully saturated rings. The first-order chi connectivity index (χ1) is 11.8. The summed E-state index contributed by atoms with van der Waals surface area (Å²) in [5.41, 5.74) is 1.35. The number of alkyl halides is 1. The van der Waals surface area contributed by atoms with Crippen molar-refractivity contribution < 1.29 is 14.3 Å². The summed E-state index contributed by atoms with van der Waals surface area (Å²) < 4.78 is 5.23. The molecule has 1 N–H and O–H groups in total. The maximum absolute atomic E-state index is 11.8. The van der Waals surface area contributed by atoms with Gasteiger partial charge in [-0.25, -0.2) is 4.79 Å². The first-order valence-electron chi connectivity index (χ1n) is 8.42. The van der Waals surface area contributed by atoms with Gasteiger partial charge in [0.15, 0.2) is 0 Å². The van der Waals surface area contributed by atoms with Crippen molar-refractivity contribution in [2.24, 2.45) is 0 Å². The first kappa shape index (κ1) is 19.5. The van der Waals surface area contributed by atoms with E-state index in [2.05, 4.69) is 10.2 Å². The molecule has 2 amide bonds. The van der Waals surface area contributed by atoms with Crippen LogP contribution in [-0.4, -0.2) is 59.5 Å². The maximum atomic E-state index is 11.8. The van der Waals surface area contributed by atoms with E-state index in [1.165, 1.54) is 0 Å². The molecule has 1 aromatic rings. The summed E-state index contributed by atoms with van der Waals surface area (Å²) >= 11 is 5.59. The second-order valence-corrected chi connectivity index (χ2v) is 7.38. The van der Waals surface area contributed by atoms with Crippen molar-refractivity contribution in [1.29, 1.82) is 0 Å². The van der Waals surface area contributed by atoms with Crippen molar-refractivity contribution in [3.05, 3.63) is 29.8 Å². The Labute approximate surface area is 154 Å². The van der Waals surface area contributed by atoms with E-state index >= 15 is 0 Å². The molecule has 0 saturated carbocycles. The third-order valence-corrected chi connectivity index (χ3v) is 4.07. The molecule has 0 atom stereocenters. The van der Waals surface area contributed by atoms with Gasteiger partial charge in [-0.1, -0.05) is 12.1 Å². The highest BCUT2D eigenvalue weighted by molar-refractivity contribution is 6.27. The van der Waals surface area contributed by atoms with E-state index in [1.54, 1.807) is 4.90 Å². The van der Waals surface area contributed by atoms with Gasteiger partial charge in [0.05, 0.1) is 0 Å². The molecule has 0 aliphatic carbocycles. The molecule has 7 heteroatoms. The molecule has 1 aromatic carbocycles. The molecule has 6 nitrogen and oxygen atoms in total. The Hall–Kier alpha value is -1.79. The fourth-order valence-electron chi connectivity index (χ4n) is 2.61. The predicted octanol–water partition coefficient (Wildman–Crippen LogP) is 2.92. The zero-order valence-electron chi connectivity index (χ0n) is 15.0. The molecule has 0 unspecified atom stereocenters. The van der Waals surface area contributed by atoms with Crippen LogP contribution in [0.15, 0.2) is 24.3 Å². The van der Waals surface area contributed by atoms with Gasteiger partial charge in [-0.05, 0) is 38.5 Å². The second-order valence-electron chi connectivity index (χ2n) is 7.11. The van der Waals surface area contributed by atoms with Crippen molar-refractivity contribution >= 4 is 29.3 Å². The van der Waals surface area contributed by atoms with Crippen LogP contribution in [0.2, 0.25) is 0 Å². The van der Waals surface area contributed by atoms with Gasteiger partial charge in [0.1, 0.15) is 11.5 Å². The van der Waals surface area contributed by atoms with Gasteiger partial charge in [-0.2, -0.15) is 0 Å². The number of halogens is 1. The van der Waals surface area contributed by atoms with Crippen LogP contribution in [0, 0.1) is 0 Å². The van der Waals surface area contributed by atoms with E-state index in [0.717, 1.165) is 25.2 Å². The number of rotatable bonds is 4. The zero-order valence-corrected chi connectivity index (χ0v) is 15.8. The quantitative estimate of drug-likeness (QED) is 0.831. The highest BCUT2D eigenvalue weighted by atomic mass is 35.5. The molecule has 0 bridgehead atoms. The summed E-state index contributed by atoms with van der Waals surface area (Å²) in [7, 11) is 0. The van der Waals surface area contributed by atoms with E-state index in [4.69, 9.17) is 16.3 Å². The van der Waals surface area contributed by atoms with Crippen LogP contribution >= 0.6 is 11.6 Å². The molecule has 1 saturated heterocycles. The molecule has 2 rings (SSSR count). The lowest BCUT2D eigenvalue weighted by atomic mass is 10.1. The summed E-state index contributed by atoms with van der Waals surface area (Å²) in [6.07, 6.45) is -0.458. The van der Waals surface area contributed by atoms with Crippen molar-refractivity contribution in [2.75, 3.05) is 37.4 Å². The van der Waals surface area contributed by atoms with Crippen LogP contribution in [0.1, 0.15) is 26.3 Å². The summed E-state index contributed by atoms with van der Waals surface area (Å²) in [6, 6.07) is 7.71. The topological polar surface area (TPSA) is 61.9 Å². The predicted molar refractivity (Wildman–Crippen MR) is 98.9 cm³/mol. The molecule has 0 aromatic heterocycles. The third-order valence-electron chi connectivity index (χ3n) is 3.84. The van der Waals surface area contributed by atoms with Gasteiger partial charge in [-0.3, -0.25) is 15.0 Å². The maximum Gasteiger partial charge on any atom is 0.412 e. The minimum Gasteiger partial charge on any atom is -0.444 e. The summed E-state index contributed by atoms with van der Waals surface area (Å²) in [4.78, 5) is 27.4. The number of hydrogen-bond acceptors (Lipinski definition) is 4. The Balaban J connectivity index is 1.81. The Bertz CT molecular complexity index is 591. The van der Waals surface area contributed by atoms with Gasteiger partial charge in [0.25, 0.3) is 0 Å². The largest absolute Gasteiger partial charge is 0.444 e. The lowest BCUT2D eigenvalue weighted by Gasteiger charge is -2.34. The molecule has 0 radical (unpaired) electrons. The number of anilines is 1. The van der Waals surface area contributed by atoms with Gasteiger partial charge in [0.2, 0.25) is 5.91 Å². The smallest absolute Gasteiger partial charge is 0.412 e. The number of benzene rings is 1. The summed E-state index contributed by atoms with van der Waals surface area (Å²) in [5.74, 6) is 0.0467. The molecule has 0 spiro atoms. The fraction of sp³-hybridized carbons (Fsp3) is 0.556. The van der Waals surface area contributed by atoms with Crippen LogP contribution in [0.3, 0.4) is 0 Å². The standard InChI is InChI=1S/C18H26ClN3O3/c1-18(2,3)25-17(24)20-15-6-4-14(5-7-15)13-21-8-10-22(11-9-21)16(23)12-19/h4-7H,8-13H2,1-3H3,(H,20,24). The molecule has 1 heterocycles. The van der Waals surface area contributed by atoms with Crippen molar-refractivity contribution in [3.63, 3.8) is 0 Å². The monoisotopic (exact) mass is 367 g/mol. The highest BCUT2D eigenvalue weighted by Gasteiger charge is 2.20. The number of nitrogens with zero attached hydrogens (tertiary/aromatic N) is 2. The van der Waals surface area contributed by atoms with E-state index in [1.807, 2.05) is 45.0 Å². The van der Waals surface area contributed by atoms with Gasteiger partial charge >= 0.3 is 6.09 Å². The Morgan fingerprint density at radius 3 is 2.24 bits per heavy atom. The normalized spacial score (nSPS) is 15.8. The van der Waals surface area contributed by atoms with Crippen molar-refractivity contribution in [1.82, 2.24) is 9.80 Å². The summed E-state index contributed by atoms with van der Waals surface area (Å²) in [5, 5.41) is 2.72. The highest BCUT2D eigenvalue weighted by Crippen LogP contribution is 2.15. The van der Waals surface area contributed by atoms with Gasteiger partial charge < -0.3 is 9.64 Å². The SMILES string of the molecule is CC(C)(C)OC(=O)Nc1ccc(CN2CCN(C(=O)CCl)CC2)cc1. The molecular formula is C18H26ClN3O3. The summed E-state index contributed by atoms with van der Waals surface area (Å²) in [6.45, 7) is 9.40. The average molecular weight is 368 g/mol. The molecule has 138 valence electrons. The van der Waals surface area contributed by atoms with E-state index < -0.39 is 11.7 Å². The Kier molecular flexibility index (Phi) is 6.67. The van der Waals surface area contributed by atoms with E-state index in [0.29, 0.717) is 18.8 Å². The molecule has 1 aliphatic rings. The van der Waals surface area contributed by atoms with Gasteiger partial charge in [0, 0.05) is 38.4 Å². The van der Waals surface area contributed by atoms with Crippen LogP contribution in [0.5, 0.6) is 0 Å². The second kappa shape index (κ2) is 8.54. The van der Waals surface area contributed by atoms with Crippen LogP contribution in [0.25, 0.3) is 0 Å². The number of piperazine rings is 1. The molecule has 25 heavy (non-hydrogen) atoms. The van der Waals surface area contributed by atoms with Crippen molar-refractivity contribution in [3.8, 4) is 0 Å². The Morgan fingerprint density at radius 2 is 1.72 bits per heavy atom. The first-order valence-corrected chi connectivity index (χ1v) is 8.95. The Morgan fingerprint density at radius 1 is 1.12 bits per heavy atom. The lowest BCUT2D eigenvalue weighted by molar-refractivity contribution is -0.130. The van der Waals surface area contributed by atoms with Crippen LogP contribution in [0.4, 0.5) is 10.5 Å². The van der Waals surface area contributed by atoms with Crippen LogP contribution < -0.4 is 5.32 Å². The van der Waals surface area contributed by atoms with E-state index in [9.17, 15) is 9.59 Å². The minimum absolute atomic E-state index is 0.00103. The minimum atomic E-state index is -0.517. The number of carbonyl (C=O) groups excluding carboxylic acids is 2. The third kappa shape index (κ3) is 6.55. The zero-order chi connectivity index (χ0) is 18.4. The number of amides is 2.